The number of esters is 1. The summed E-state index contributed by atoms with van der Waals surface area (Å²) >= 11 is 0. The zero-order valence-corrected chi connectivity index (χ0v) is 11.2. The maximum Gasteiger partial charge on any atom is 0.319 e. The van der Waals surface area contributed by atoms with Crippen LogP contribution in [0.15, 0.2) is 60.7 Å². The molecule has 20 heavy (non-hydrogen) atoms. The molecule has 3 heteroatoms. The smallest absolute Gasteiger partial charge is 0.319 e. The first-order valence-corrected chi connectivity index (χ1v) is 6.63. The lowest BCUT2D eigenvalue weighted by Crippen LogP contribution is -2.52. The Kier molecular flexibility index (Phi) is 3.07. The molecule has 2 aromatic carbocycles. The molecule has 3 atom stereocenters. The molecule has 3 nitrogen and oxygen atoms in total. The number of ether oxygens (including phenoxy) is 1. The molecule has 3 rings (SSSR count). The Labute approximate surface area is 117 Å². The summed E-state index contributed by atoms with van der Waals surface area (Å²) in [4.78, 5) is 12.0. The van der Waals surface area contributed by atoms with Gasteiger partial charge in [-0.05, 0) is 18.1 Å². The van der Waals surface area contributed by atoms with Gasteiger partial charge in [-0.15, -0.1) is 0 Å². The summed E-state index contributed by atoms with van der Waals surface area (Å²) in [6.07, 6.45) is -1.29. The monoisotopic (exact) mass is 268 g/mol. The lowest BCUT2D eigenvalue weighted by Gasteiger charge is -2.47. The third-order valence-electron chi connectivity index (χ3n) is 4.00. The SMILES string of the molecule is C[C@]1(C(O)c2ccccc2)C(=O)O[C@@H]1c1ccccc1. The highest BCUT2D eigenvalue weighted by Crippen LogP contribution is 2.54. The molecule has 1 N–H and O–H groups in total. The number of carbonyl (C=O) groups excluding carboxylic acids is 1. The molecule has 0 spiro atoms. The van der Waals surface area contributed by atoms with Crippen molar-refractivity contribution in [3.8, 4) is 0 Å². The summed E-state index contributed by atoms with van der Waals surface area (Å²) in [6, 6.07) is 18.8. The molecule has 0 bridgehead atoms. The fourth-order valence-corrected chi connectivity index (χ4v) is 2.68. The van der Waals surface area contributed by atoms with E-state index in [-0.39, 0.29) is 5.97 Å². The number of aliphatic hydroxyl groups excluding tert-OH is 1. The zero-order chi connectivity index (χ0) is 14.2. The summed E-state index contributed by atoms with van der Waals surface area (Å²) in [7, 11) is 0. The van der Waals surface area contributed by atoms with Crippen molar-refractivity contribution in [2.75, 3.05) is 0 Å². The van der Waals surface area contributed by atoms with Crippen LogP contribution in [0.5, 0.6) is 0 Å². The Bertz CT molecular complexity index is 565. The maximum atomic E-state index is 12.0. The van der Waals surface area contributed by atoms with Crippen LogP contribution in [-0.4, -0.2) is 11.1 Å². The second-order valence-electron chi connectivity index (χ2n) is 5.29. The van der Waals surface area contributed by atoms with Crippen LogP contribution in [0.1, 0.15) is 30.3 Å². The van der Waals surface area contributed by atoms with E-state index >= 15 is 0 Å². The molecule has 0 amide bonds. The first kappa shape index (κ1) is 12.9. The maximum absolute atomic E-state index is 12.0. The van der Waals surface area contributed by atoms with Crippen LogP contribution in [-0.2, 0) is 9.53 Å². The fourth-order valence-electron chi connectivity index (χ4n) is 2.68. The van der Waals surface area contributed by atoms with Crippen molar-refractivity contribution >= 4 is 5.97 Å². The van der Waals surface area contributed by atoms with Gasteiger partial charge in [0.25, 0.3) is 0 Å². The van der Waals surface area contributed by atoms with Crippen LogP contribution in [0.2, 0.25) is 0 Å². The van der Waals surface area contributed by atoms with Crippen molar-refractivity contribution in [2.45, 2.75) is 19.1 Å². The predicted octanol–water partition coefficient (Wildman–Crippen LogP) is 3.02. The average Bonchev–Trinajstić information content (AvgIpc) is 2.52. The van der Waals surface area contributed by atoms with Crippen molar-refractivity contribution in [1.29, 1.82) is 0 Å². The van der Waals surface area contributed by atoms with Gasteiger partial charge in [-0.2, -0.15) is 0 Å². The number of hydrogen-bond donors (Lipinski definition) is 1. The van der Waals surface area contributed by atoms with E-state index in [1.807, 2.05) is 60.7 Å². The fraction of sp³-hybridized carbons (Fsp3) is 0.235. The quantitative estimate of drug-likeness (QED) is 0.870. The Morgan fingerprint density at radius 1 is 1.05 bits per heavy atom. The molecule has 0 radical (unpaired) electrons. The van der Waals surface area contributed by atoms with Gasteiger partial charge in [-0.3, -0.25) is 4.79 Å². The highest BCUT2D eigenvalue weighted by molar-refractivity contribution is 5.84. The van der Waals surface area contributed by atoms with Gasteiger partial charge in [0.1, 0.15) is 11.5 Å². The molecule has 2 aromatic rings. The van der Waals surface area contributed by atoms with Crippen LogP contribution < -0.4 is 0 Å². The summed E-state index contributed by atoms with van der Waals surface area (Å²) in [5.74, 6) is -0.359. The number of aliphatic hydroxyl groups is 1. The highest BCUT2D eigenvalue weighted by atomic mass is 16.6. The predicted molar refractivity (Wildman–Crippen MR) is 74.8 cm³/mol. The van der Waals surface area contributed by atoms with Gasteiger partial charge in [-0.1, -0.05) is 60.7 Å². The minimum absolute atomic E-state index is 0.359. The van der Waals surface area contributed by atoms with E-state index in [4.69, 9.17) is 4.74 Å². The molecule has 1 heterocycles. The largest absolute Gasteiger partial charge is 0.456 e. The van der Waals surface area contributed by atoms with Gasteiger partial charge in [0.2, 0.25) is 0 Å². The average molecular weight is 268 g/mol. The molecule has 1 unspecified atom stereocenters. The molecule has 1 aliphatic heterocycles. The summed E-state index contributed by atoms with van der Waals surface area (Å²) in [5, 5.41) is 10.6. The number of rotatable bonds is 3. The first-order chi connectivity index (χ1) is 9.64. The summed E-state index contributed by atoms with van der Waals surface area (Å²) < 4.78 is 5.28. The Hall–Kier alpha value is -2.13. The van der Waals surface area contributed by atoms with Gasteiger partial charge < -0.3 is 9.84 Å². The zero-order valence-electron chi connectivity index (χ0n) is 11.2. The molecular formula is C17H16O3. The van der Waals surface area contributed by atoms with E-state index in [9.17, 15) is 9.90 Å². The second-order valence-corrected chi connectivity index (χ2v) is 5.29. The van der Waals surface area contributed by atoms with E-state index in [1.165, 1.54) is 0 Å². The highest BCUT2D eigenvalue weighted by Gasteiger charge is 2.59. The van der Waals surface area contributed by atoms with Crippen molar-refractivity contribution < 1.29 is 14.6 Å². The van der Waals surface area contributed by atoms with Crippen molar-refractivity contribution in [2.24, 2.45) is 5.41 Å². The molecule has 102 valence electrons. The van der Waals surface area contributed by atoms with Gasteiger partial charge in [0, 0.05) is 0 Å². The van der Waals surface area contributed by atoms with Crippen LogP contribution >= 0.6 is 0 Å². The van der Waals surface area contributed by atoms with Gasteiger partial charge in [0.15, 0.2) is 0 Å². The standard InChI is InChI=1S/C17H16O3/c1-17(14(18)12-8-4-2-5-9-12)15(20-16(17)19)13-10-6-3-7-11-13/h2-11,14-15,18H,1H3/t14?,15-,17-/m1/s1. The van der Waals surface area contributed by atoms with Crippen LogP contribution in [0.3, 0.4) is 0 Å². The molecule has 0 saturated carbocycles. The Balaban J connectivity index is 1.95. The van der Waals surface area contributed by atoms with Crippen molar-refractivity contribution in [1.82, 2.24) is 0 Å². The van der Waals surface area contributed by atoms with Gasteiger partial charge in [-0.25, -0.2) is 0 Å². The lowest BCUT2D eigenvalue weighted by atomic mass is 9.70. The van der Waals surface area contributed by atoms with E-state index < -0.39 is 17.6 Å². The number of hydrogen-bond acceptors (Lipinski definition) is 3. The van der Waals surface area contributed by atoms with Gasteiger partial charge in [0.05, 0.1) is 6.10 Å². The Morgan fingerprint density at radius 2 is 1.60 bits per heavy atom. The molecule has 0 aliphatic carbocycles. The van der Waals surface area contributed by atoms with E-state index in [0.29, 0.717) is 0 Å². The van der Waals surface area contributed by atoms with Gasteiger partial charge >= 0.3 is 5.97 Å². The molecular weight excluding hydrogens is 252 g/mol. The number of benzene rings is 2. The van der Waals surface area contributed by atoms with Crippen LogP contribution in [0, 0.1) is 5.41 Å². The van der Waals surface area contributed by atoms with Crippen molar-refractivity contribution in [3.63, 3.8) is 0 Å². The number of carbonyl (C=O) groups is 1. The summed E-state index contributed by atoms with van der Waals surface area (Å²) in [5.41, 5.74) is 0.695. The second kappa shape index (κ2) is 4.76. The minimum atomic E-state index is -0.942. The molecule has 1 fully saturated rings. The topological polar surface area (TPSA) is 46.5 Å². The van der Waals surface area contributed by atoms with E-state index in [2.05, 4.69) is 0 Å². The third-order valence-corrected chi connectivity index (χ3v) is 4.00. The van der Waals surface area contributed by atoms with Crippen LogP contribution in [0.25, 0.3) is 0 Å². The van der Waals surface area contributed by atoms with E-state index in [0.717, 1.165) is 11.1 Å². The molecule has 0 aromatic heterocycles. The first-order valence-electron chi connectivity index (χ1n) is 6.63. The molecule has 1 aliphatic rings. The number of cyclic esters (lactones) is 1. The summed E-state index contributed by atoms with van der Waals surface area (Å²) in [6.45, 7) is 1.76. The van der Waals surface area contributed by atoms with E-state index in [1.54, 1.807) is 6.92 Å². The minimum Gasteiger partial charge on any atom is -0.456 e. The van der Waals surface area contributed by atoms with Crippen LogP contribution in [0.4, 0.5) is 0 Å². The Morgan fingerprint density at radius 3 is 2.15 bits per heavy atom. The lowest BCUT2D eigenvalue weighted by molar-refractivity contribution is -0.224. The third kappa shape index (κ3) is 1.82. The normalized spacial score (nSPS) is 26.5. The van der Waals surface area contributed by atoms with Crippen molar-refractivity contribution in [3.05, 3.63) is 71.8 Å². The molecule has 1 saturated heterocycles.